The first kappa shape index (κ1) is 14.1. The lowest BCUT2D eigenvalue weighted by molar-refractivity contribution is 0.101. The number of hydrogen-bond donors (Lipinski definition) is 2. The Hall–Kier alpha value is -2.28. The van der Waals surface area contributed by atoms with Crippen LogP contribution in [0.1, 0.15) is 21.7 Å². The van der Waals surface area contributed by atoms with Gasteiger partial charge in [-0.3, -0.25) is 9.48 Å². The summed E-state index contributed by atoms with van der Waals surface area (Å²) in [6.45, 7) is 1.78. The summed E-state index contributed by atoms with van der Waals surface area (Å²) in [5, 5.41) is 6.68. The molecule has 20 heavy (non-hydrogen) atoms. The van der Waals surface area contributed by atoms with E-state index in [0.29, 0.717) is 11.4 Å². The predicted octanol–water partition coefficient (Wildman–Crippen LogP) is 1.75. The van der Waals surface area contributed by atoms with Crippen molar-refractivity contribution in [3.8, 4) is 0 Å². The van der Waals surface area contributed by atoms with Crippen molar-refractivity contribution in [1.82, 2.24) is 9.78 Å². The Bertz CT molecular complexity index is 696. The Kier molecular flexibility index (Phi) is 3.80. The Morgan fingerprint density at radius 3 is 2.75 bits per heavy atom. The van der Waals surface area contributed by atoms with Gasteiger partial charge in [-0.05, 0) is 25.1 Å². The summed E-state index contributed by atoms with van der Waals surface area (Å²) in [6.07, 6.45) is 0. The number of aryl methyl sites for hydroxylation is 2. The lowest BCUT2D eigenvalue weighted by Gasteiger charge is -2.10. The van der Waals surface area contributed by atoms with E-state index in [2.05, 4.69) is 10.4 Å². The van der Waals surface area contributed by atoms with Crippen molar-refractivity contribution in [1.29, 1.82) is 0 Å². The van der Waals surface area contributed by atoms with Gasteiger partial charge in [-0.15, -0.1) is 0 Å². The fourth-order valence-corrected chi connectivity index (χ4v) is 2.10. The first-order valence-electron chi connectivity index (χ1n) is 5.80. The summed E-state index contributed by atoms with van der Waals surface area (Å²) in [7, 11) is 1.65. The molecule has 0 radical (unpaired) electrons. The van der Waals surface area contributed by atoms with Crippen LogP contribution in [-0.4, -0.2) is 20.7 Å². The zero-order valence-corrected chi connectivity index (χ0v) is 11.8. The third-order valence-electron chi connectivity index (χ3n) is 2.74. The molecule has 0 fully saturated rings. The normalized spacial score (nSPS) is 10.3. The first-order valence-corrected chi connectivity index (χ1v) is 6.21. The molecule has 0 aliphatic rings. The van der Waals surface area contributed by atoms with Crippen LogP contribution >= 0.6 is 12.2 Å². The third-order valence-corrected chi connectivity index (χ3v) is 2.95. The molecule has 0 saturated carbocycles. The highest BCUT2D eigenvalue weighted by Crippen LogP contribution is 2.19. The third kappa shape index (κ3) is 2.67. The molecule has 1 aromatic heterocycles. The molecule has 1 aromatic carbocycles. The zero-order chi connectivity index (χ0) is 14.9. The summed E-state index contributed by atoms with van der Waals surface area (Å²) in [4.78, 5) is 12.0. The molecule has 0 aliphatic heterocycles. The van der Waals surface area contributed by atoms with Gasteiger partial charge in [-0.1, -0.05) is 18.3 Å². The standard InChI is InChI=1S/C13H13FN4OS/c1-7-6-10(18(2)17-7)13(19)16-9-5-3-4-8(14)11(9)12(15)20/h3-6H,1-2H3,(H2,15,20)(H,16,19). The summed E-state index contributed by atoms with van der Waals surface area (Å²) in [5.74, 6) is -0.979. The number of carbonyl (C=O) groups is 1. The average Bonchev–Trinajstić information content (AvgIpc) is 2.68. The van der Waals surface area contributed by atoms with E-state index in [1.54, 1.807) is 26.1 Å². The van der Waals surface area contributed by atoms with Gasteiger partial charge in [0.05, 0.1) is 16.9 Å². The van der Waals surface area contributed by atoms with Gasteiger partial charge >= 0.3 is 0 Å². The number of amides is 1. The minimum absolute atomic E-state index is 0.0229. The van der Waals surface area contributed by atoms with Crippen LogP contribution in [0.3, 0.4) is 0 Å². The predicted molar refractivity (Wildman–Crippen MR) is 78.2 cm³/mol. The quantitative estimate of drug-likeness (QED) is 0.845. The monoisotopic (exact) mass is 292 g/mol. The van der Waals surface area contributed by atoms with E-state index in [1.807, 2.05) is 0 Å². The molecular weight excluding hydrogens is 279 g/mol. The second-order valence-corrected chi connectivity index (χ2v) is 4.72. The lowest BCUT2D eigenvalue weighted by Crippen LogP contribution is -2.20. The van der Waals surface area contributed by atoms with Crippen LogP contribution in [0.25, 0.3) is 0 Å². The van der Waals surface area contributed by atoms with Crippen LogP contribution in [0.15, 0.2) is 24.3 Å². The van der Waals surface area contributed by atoms with Crippen molar-refractivity contribution < 1.29 is 9.18 Å². The molecule has 1 heterocycles. The van der Waals surface area contributed by atoms with E-state index >= 15 is 0 Å². The molecule has 2 rings (SSSR count). The second-order valence-electron chi connectivity index (χ2n) is 4.28. The van der Waals surface area contributed by atoms with Crippen LogP contribution in [0.4, 0.5) is 10.1 Å². The van der Waals surface area contributed by atoms with Crippen molar-refractivity contribution in [2.75, 3.05) is 5.32 Å². The van der Waals surface area contributed by atoms with Crippen molar-refractivity contribution in [3.05, 3.63) is 47.0 Å². The van der Waals surface area contributed by atoms with Gasteiger partial charge in [0.15, 0.2) is 0 Å². The van der Waals surface area contributed by atoms with Crippen LogP contribution in [0.5, 0.6) is 0 Å². The molecular formula is C13H13FN4OS. The van der Waals surface area contributed by atoms with Gasteiger partial charge in [0.25, 0.3) is 5.91 Å². The number of hydrogen-bond acceptors (Lipinski definition) is 3. The van der Waals surface area contributed by atoms with Crippen molar-refractivity contribution in [3.63, 3.8) is 0 Å². The maximum atomic E-state index is 13.7. The van der Waals surface area contributed by atoms with E-state index in [9.17, 15) is 9.18 Å². The number of rotatable bonds is 3. The molecule has 7 heteroatoms. The number of nitrogens with one attached hydrogen (secondary N) is 1. The van der Waals surface area contributed by atoms with Gasteiger partial charge in [0.2, 0.25) is 0 Å². The van der Waals surface area contributed by atoms with Crippen LogP contribution in [-0.2, 0) is 7.05 Å². The highest BCUT2D eigenvalue weighted by molar-refractivity contribution is 7.80. The molecule has 5 nitrogen and oxygen atoms in total. The van der Waals surface area contributed by atoms with Crippen LogP contribution in [0, 0.1) is 12.7 Å². The molecule has 0 unspecified atom stereocenters. The molecule has 0 bridgehead atoms. The van der Waals surface area contributed by atoms with E-state index in [4.69, 9.17) is 18.0 Å². The Balaban J connectivity index is 2.36. The number of halogens is 1. The summed E-state index contributed by atoms with van der Waals surface area (Å²) in [5.41, 5.74) is 6.82. The Morgan fingerprint density at radius 2 is 2.20 bits per heavy atom. The molecule has 104 valence electrons. The van der Waals surface area contributed by atoms with Gasteiger partial charge in [0.1, 0.15) is 16.5 Å². The molecule has 0 atom stereocenters. The topological polar surface area (TPSA) is 72.9 Å². The van der Waals surface area contributed by atoms with Crippen molar-refractivity contribution in [2.24, 2.45) is 12.8 Å². The molecule has 3 N–H and O–H groups in total. The lowest BCUT2D eigenvalue weighted by atomic mass is 10.1. The van der Waals surface area contributed by atoms with Crippen LogP contribution in [0.2, 0.25) is 0 Å². The number of thiocarbonyl (C=S) groups is 1. The Labute approximate surface area is 120 Å². The van der Waals surface area contributed by atoms with E-state index in [0.717, 1.165) is 0 Å². The van der Waals surface area contributed by atoms with E-state index in [1.165, 1.54) is 16.8 Å². The maximum absolute atomic E-state index is 13.7. The van der Waals surface area contributed by atoms with Gasteiger partial charge in [-0.2, -0.15) is 5.10 Å². The number of nitrogens with zero attached hydrogens (tertiary/aromatic N) is 2. The number of carbonyl (C=O) groups excluding carboxylic acids is 1. The minimum atomic E-state index is -0.573. The molecule has 2 aromatic rings. The number of aromatic nitrogens is 2. The SMILES string of the molecule is Cc1cc(C(=O)Nc2cccc(F)c2C(N)=S)n(C)n1. The summed E-state index contributed by atoms with van der Waals surface area (Å²) in [6, 6.07) is 5.88. The molecule has 0 saturated heterocycles. The average molecular weight is 292 g/mol. The number of nitrogens with two attached hydrogens (primary N) is 1. The van der Waals surface area contributed by atoms with Crippen LogP contribution < -0.4 is 11.1 Å². The Morgan fingerprint density at radius 1 is 1.50 bits per heavy atom. The smallest absolute Gasteiger partial charge is 0.273 e. The fraction of sp³-hybridized carbons (Fsp3) is 0.154. The van der Waals surface area contributed by atoms with Gasteiger partial charge in [0, 0.05) is 7.05 Å². The largest absolute Gasteiger partial charge is 0.389 e. The number of benzene rings is 1. The van der Waals surface area contributed by atoms with Crippen molar-refractivity contribution >= 4 is 28.8 Å². The summed E-state index contributed by atoms with van der Waals surface area (Å²) >= 11 is 4.81. The minimum Gasteiger partial charge on any atom is -0.389 e. The second kappa shape index (κ2) is 5.38. The first-order chi connectivity index (χ1) is 9.40. The van der Waals surface area contributed by atoms with Crippen molar-refractivity contribution in [2.45, 2.75) is 6.92 Å². The molecule has 0 aliphatic carbocycles. The maximum Gasteiger partial charge on any atom is 0.273 e. The molecule has 1 amide bonds. The molecule has 0 spiro atoms. The summed E-state index contributed by atoms with van der Waals surface area (Å²) < 4.78 is 15.1. The highest BCUT2D eigenvalue weighted by atomic mass is 32.1. The van der Waals surface area contributed by atoms with E-state index < -0.39 is 11.7 Å². The fourth-order valence-electron chi connectivity index (χ4n) is 1.89. The van der Waals surface area contributed by atoms with E-state index in [-0.39, 0.29) is 16.2 Å². The highest BCUT2D eigenvalue weighted by Gasteiger charge is 2.16. The van der Waals surface area contributed by atoms with Gasteiger partial charge in [-0.25, -0.2) is 4.39 Å². The van der Waals surface area contributed by atoms with Gasteiger partial charge < -0.3 is 11.1 Å². The zero-order valence-electron chi connectivity index (χ0n) is 11.0. The number of anilines is 1.